The van der Waals surface area contributed by atoms with Crippen LogP contribution in [0.3, 0.4) is 0 Å². The second-order valence-electron chi connectivity index (χ2n) is 5.98. The summed E-state index contributed by atoms with van der Waals surface area (Å²) in [4.78, 5) is 12.6. The van der Waals surface area contributed by atoms with Gasteiger partial charge >= 0.3 is 0 Å². The fraction of sp³-hybridized carbons (Fsp3) is 0.600. The minimum atomic E-state index is -1.25. The fourth-order valence-corrected chi connectivity index (χ4v) is 2.82. The Morgan fingerprint density at radius 3 is 2.65 bits per heavy atom. The largest absolute Gasteiger partial charge is 0.394 e. The number of imidazole rings is 1. The highest BCUT2D eigenvalue weighted by molar-refractivity contribution is 5.85. The molecule has 1 aliphatic rings. The first-order valence-corrected chi connectivity index (χ1v) is 8.44. The van der Waals surface area contributed by atoms with E-state index in [2.05, 4.69) is 25.5 Å². The third kappa shape index (κ3) is 3.21. The molecule has 4 unspecified atom stereocenters. The molecule has 0 aromatic carbocycles. The lowest BCUT2D eigenvalue weighted by Crippen LogP contribution is -2.33. The second-order valence-corrected chi connectivity index (χ2v) is 5.98. The molecule has 11 heteroatoms. The SMILES string of the molecule is CCC(CC)=NNc1nc(N)c2ncn(C3OC(CO)C(O)C3O)c2n1. The number of nitrogens with zero attached hydrogens (tertiary/aromatic N) is 5. The van der Waals surface area contributed by atoms with Gasteiger partial charge in [0.25, 0.3) is 0 Å². The minimum absolute atomic E-state index is 0.146. The molecule has 0 bridgehead atoms. The number of nitrogens with two attached hydrogens (primary N) is 1. The number of fused-ring (bicyclic) bond motifs is 1. The number of ether oxygens (including phenoxy) is 1. The normalized spacial score (nSPS) is 25.6. The third-order valence-corrected chi connectivity index (χ3v) is 4.37. The van der Waals surface area contributed by atoms with E-state index >= 15 is 0 Å². The van der Waals surface area contributed by atoms with Gasteiger partial charge in [0.05, 0.1) is 12.9 Å². The molecule has 3 heterocycles. The highest BCUT2D eigenvalue weighted by Gasteiger charge is 2.44. The summed E-state index contributed by atoms with van der Waals surface area (Å²) in [6.45, 7) is 3.58. The Balaban J connectivity index is 1.97. The van der Waals surface area contributed by atoms with Gasteiger partial charge in [-0.05, 0) is 12.8 Å². The predicted molar refractivity (Wildman–Crippen MR) is 94.4 cm³/mol. The molecule has 0 amide bonds. The van der Waals surface area contributed by atoms with Crippen molar-refractivity contribution in [2.75, 3.05) is 17.8 Å². The highest BCUT2D eigenvalue weighted by atomic mass is 16.6. The van der Waals surface area contributed by atoms with Crippen molar-refractivity contribution in [2.45, 2.75) is 51.2 Å². The average Bonchev–Trinajstić information content (AvgIpc) is 3.18. The van der Waals surface area contributed by atoms with Crippen molar-refractivity contribution >= 4 is 28.6 Å². The van der Waals surface area contributed by atoms with Gasteiger partial charge < -0.3 is 25.8 Å². The van der Waals surface area contributed by atoms with Crippen molar-refractivity contribution in [2.24, 2.45) is 5.10 Å². The first-order chi connectivity index (χ1) is 12.5. The van der Waals surface area contributed by atoms with E-state index in [4.69, 9.17) is 10.5 Å². The Labute approximate surface area is 149 Å². The van der Waals surface area contributed by atoms with E-state index in [0.29, 0.717) is 11.2 Å². The van der Waals surface area contributed by atoms with Crippen LogP contribution in [0, 0.1) is 0 Å². The molecule has 26 heavy (non-hydrogen) atoms. The van der Waals surface area contributed by atoms with Crippen LogP contribution in [-0.4, -0.2) is 65.5 Å². The zero-order valence-corrected chi connectivity index (χ0v) is 14.6. The van der Waals surface area contributed by atoms with Crippen molar-refractivity contribution in [1.29, 1.82) is 0 Å². The molecule has 4 atom stereocenters. The van der Waals surface area contributed by atoms with Crippen LogP contribution in [0.1, 0.15) is 32.9 Å². The number of hydrogen-bond donors (Lipinski definition) is 5. The first-order valence-electron chi connectivity index (χ1n) is 8.44. The quantitative estimate of drug-likeness (QED) is 0.338. The molecule has 2 aromatic heterocycles. The lowest BCUT2D eigenvalue weighted by atomic mass is 10.1. The van der Waals surface area contributed by atoms with Gasteiger partial charge in [0.15, 0.2) is 17.7 Å². The summed E-state index contributed by atoms with van der Waals surface area (Å²) in [5.41, 5.74) is 10.3. The molecular formula is C15H23N7O4. The smallest absolute Gasteiger partial charge is 0.247 e. The van der Waals surface area contributed by atoms with Crippen LogP contribution in [0.15, 0.2) is 11.4 Å². The van der Waals surface area contributed by atoms with Gasteiger partial charge in [-0.1, -0.05) is 13.8 Å². The van der Waals surface area contributed by atoms with Crippen molar-refractivity contribution < 1.29 is 20.1 Å². The minimum Gasteiger partial charge on any atom is -0.394 e. The molecule has 2 aromatic rings. The number of nitrogens with one attached hydrogen (secondary N) is 1. The molecule has 6 N–H and O–H groups in total. The summed E-state index contributed by atoms with van der Waals surface area (Å²) in [5.74, 6) is 0.329. The van der Waals surface area contributed by atoms with E-state index in [-0.39, 0.29) is 11.8 Å². The maximum Gasteiger partial charge on any atom is 0.247 e. The third-order valence-electron chi connectivity index (χ3n) is 4.37. The maximum absolute atomic E-state index is 10.2. The van der Waals surface area contributed by atoms with Crippen molar-refractivity contribution in [1.82, 2.24) is 19.5 Å². The lowest BCUT2D eigenvalue weighted by Gasteiger charge is -2.16. The monoisotopic (exact) mass is 365 g/mol. The number of aromatic nitrogens is 4. The number of hydrogen-bond acceptors (Lipinski definition) is 10. The van der Waals surface area contributed by atoms with E-state index in [0.717, 1.165) is 18.6 Å². The van der Waals surface area contributed by atoms with E-state index < -0.39 is 31.1 Å². The molecule has 0 saturated carbocycles. The number of hydrazone groups is 1. The summed E-state index contributed by atoms with van der Waals surface area (Å²) in [5, 5.41) is 33.7. The van der Waals surface area contributed by atoms with Gasteiger partial charge in [-0.2, -0.15) is 15.1 Å². The van der Waals surface area contributed by atoms with Crippen LogP contribution in [0.25, 0.3) is 11.2 Å². The Hall–Kier alpha value is -2.34. The molecule has 0 spiro atoms. The van der Waals surface area contributed by atoms with Crippen molar-refractivity contribution in [3.8, 4) is 0 Å². The predicted octanol–water partition coefficient (Wildman–Crippen LogP) is -0.392. The lowest BCUT2D eigenvalue weighted by molar-refractivity contribution is -0.0511. The van der Waals surface area contributed by atoms with Gasteiger partial charge in [-0.15, -0.1) is 0 Å². The zero-order chi connectivity index (χ0) is 18.8. The Morgan fingerprint density at radius 1 is 1.31 bits per heavy atom. The van der Waals surface area contributed by atoms with Crippen LogP contribution in [0.5, 0.6) is 0 Å². The van der Waals surface area contributed by atoms with E-state index in [1.165, 1.54) is 10.9 Å². The number of aliphatic hydroxyl groups is 3. The Morgan fingerprint density at radius 2 is 2.04 bits per heavy atom. The number of aliphatic hydroxyl groups excluding tert-OH is 3. The molecule has 1 aliphatic heterocycles. The highest BCUT2D eigenvalue weighted by Crippen LogP contribution is 2.32. The first kappa shape index (κ1) is 18.5. The maximum atomic E-state index is 10.2. The average molecular weight is 365 g/mol. The van der Waals surface area contributed by atoms with Crippen LogP contribution >= 0.6 is 0 Å². The topological polar surface area (TPSA) is 164 Å². The summed E-state index contributed by atoms with van der Waals surface area (Å²) < 4.78 is 6.97. The second kappa shape index (κ2) is 7.50. The number of nitrogen functional groups attached to an aromatic ring is 1. The number of rotatable bonds is 6. The fourth-order valence-electron chi connectivity index (χ4n) is 2.82. The standard InChI is InChI=1S/C15H23N7O4/c1-3-7(4-2)20-21-15-18-12(16)9-13(19-15)22(6-17-9)14-11(25)10(24)8(5-23)26-14/h6,8,10-11,14,23-25H,3-5H2,1-2H3,(H3,16,18,19,21). The van der Waals surface area contributed by atoms with E-state index in [1.807, 2.05) is 13.8 Å². The summed E-state index contributed by atoms with van der Waals surface area (Å²) in [6, 6.07) is 0. The van der Waals surface area contributed by atoms with Crippen LogP contribution in [-0.2, 0) is 4.74 Å². The molecule has 0 radical (unpaired) electrons. The van der Waals surface area contributed by atoms with Crippen LogP contribution in [0.4, 0.5) is 11.8 Å². The van der Waals surface area contributed by atoms with Gasteiger partial charge in [-0.25, -0.2) is 10.4 Å². The molecule has 1 saturated heterocycles. The molecule has 11 nitrogen and oxygen atoms in total. The van der Waals surface area contributed by atoms with E-state index in [1.54, 1.807) is 0 Å². The number of anilines is 2. The Bertz CT molecular complexity index is 803. The van der Waals surface area contributed by atoms with Gasteiger partial charge in [0, 0.05) is 5.71 Å². The molecular weight excluding hydrogens is 342 g/mol. The summed E-state index contributed by atoms with van der Waals surface area (Å²) in [7, 11) is 0. The molecule has 3 rings (SSSR count). The Kier molecular flexibility index (Phi) is 5.32. The van der Waals surface area contributed by atoms with Crippen LogP contribution in [0.2, 0.25) is 0 Å². The van der Waals surface area contributed by atoms with Crippen LogP contribution < -0.4 is 11.2 Å². The zero-order valence-electron chi connectivity index (χ0n) is 14.6. The van der Waals surface area contributed by atoms with E-state index in [9.17, 15) is 15.3 Å². The van der Waals surface area contributed by atoms with Crippen molar-refractivity contribution in [3.05, 3.63) is 6.33 Å². The molecule has 0 aliphatic carbocycles. The van der Waals surface area contributed by atoms with Gasteiger partial charge in [0.2, 0.25) is 5.95 Å². The van der Waals surface area contributed by atoms with Crippen molar-refractivity contribution in [3.63, 3.8) is 0 Å². The summed E-state index contributed by atoms with van der Waals surface area (Å²) >= 11 is 0. The summed E-state index contributed by atoms with van der Waals surface area (Å²) in [6.07, 6.45) is -1.34. The molecule has 142 valence electrons. The van der Waals surface area contributed by atoms with Gasteiger partial charge in [-0.3, -0.25) is 4.57 Å². The van der Waals surface area contributed by atoms with Gasteiger partial charge in [0.1, 0.15) is 23.8 Å². The molecule has 1 fully saturated rings.